The van der Waals surface area contributed by atoms with E-state index in [0.29, 0.717) is 31.5 Å². The second-order valence-corrected chi connectivity index (χ2v) is 7.14. The summed E-state index contributed by atoms with van der Waals surface area (Å²) in [4.78, 5) is 27.0. The number of amides is 1. The summed E-state index contributed by atoms with van der Waals surface area (Å²) in [5.41, 5.74) is 3.64. The Balaban J connectivity index is 1.58. The monoisotopic (exact) mass is 353 g/mol. The molecule has 2 aromatic rings. The Labute approximate surface area is 153 Å². The van der Waals surface area contributed by atoms with Crippen LogP contribution in [0.2, 0.25) is 0 Å². The first-order chi connectivity index (χ1) is 12.4. The van der Waals surface area contributed by atoms with Gasteiger partial charge in [0.25, 0.3) is 0 Å². The van der Waals surface area contributed by atoms with Gasteiger partial charge in [-0.05, 0) is 49.9 Å². The normalized spacial score (nSPS) is 15.1. The predicted molar refractivity (Wildman–Crippen MR) is 99.7 cm³/mol. The van der Waals surface area contributed by atoms with Gasteiger partial charge in [0.1, 0.15) is 5.82 Å². The van der Waals surface area contributed by atoms with E-state index in [1.54, 1.807) is 17.0 Å². The number of Topliss-reactive ketones (excluding diaryl/α,β-unsaturated/α-hetero) is 1. The van der Waals surface area contributed by atoms with E-state index in [1.807, 2.05) is 32.0 Å². The second kappa shape index (κ2) is 7.81. The Morgan fingerprint density at radius 2 is 1.81 bits per heavy atom. The van der Waals surface area contributed by atoms with Crippen LogP contribution in [0.3, 0.4) is 0 Å². The number of nitrogens with zero attached hydrogens (tertiary/aromatic N) is 1. The van der Waals surface area contributed by atoms with Crippen molar-refractivity contribution in [3.63, 3.8) is 0 Å². The Morgan fingerprint density at radius 1 is 1.08 bits per heavy atom. The van der Waals surface area contributed by atoms with E-state index < -0.39 is 0 Å². The van der Waals surface area contributed by atoms with Gasteiger partial charge in [0.2, 0.25) is 5.91 Å². The minimum absolute atomic E-state index is 0.00647. The number of carbonyl (C=O) groups is 2. The van der Waals surface area contributed by atoms with Crippen molar-refractivity contribution in [2.75, 3.05) is 13.1 Å². The van der Waals surface area contributed by atoms with E-state index in [2.05, 4.69) is 0 Å². The summed E-state index contributed by atoms with van der Waals surface area (Å²) in [6, 6.07) is 12.1. The third-order valence-corrected chi connectivity index (χ3v) is 5.11. The quantitative estimate of drug-likeness (QED) is 0.776. The van der Waals surface area contributed by atoms with Gasteiger partial charge in [-0.2, -0.15) is 0 Å². The highest BCUT2D eigenvalue weighted by atomic mass is 19.1. The number of piperidine rings is 1. The van der Waals surface area contributed by atoms with Gasteiger partial charge in [-0.25, -0.2) is 4.39 Å². The van der Waals surface area contributed by atoms with E-state index in [4.69, 9.17) is 0 Å². The SMILES string of the molecule is Cc1ccc(C(=O)C2CCN(C(=O)Cc3cccc(F)c3)CC2)c(C)c1. The Morgan fingerprint density at radius 3 is 2.46 bits per heavy atom. The molecule has 3 nitrogen and oxygen atoms in total. The third kappa shape index (κ3) is 4.18. The van der Waals surface area contributed by atoms with Gasteiger partial charge in [0, 0.05) is 24.6 Å². The molecule has 136 valence electrons. The van der Waals surface area contributed by atoms with Crippen LogP contribution in [0.15, 0.2) is 42.5 Å². The van der Waals surface area contributed by atoms with Gasteiger partial charge in [0.15, 0.2) is 5.78 Å². The van der Waals surface area contributed by atoms with Crippen LogP contribution in [0, 0.1) is 25.6 Å². The topological polar surface area (TPSA) is 37.4 Å². The van der Waals surface area contributed by atoms with Crippen molar-refractivity contribution in [2.45, 2.75) is 33.1 Å². The minimum atomic E-state index is -0.326. The molecule has 0 spiro atoms. The maximum atomic E-state index is 13.3. The lowest BCUT2D eigenvalue weighted by molar-refractivity contribution is -0.131. The number of aryl methyl sites for hydroxylation is 2. The zero-order valence-electron chi connectivity index (χ0n) is 15.3. The fraction of sp³-hybridized carbons (Fsp3) is 0.364. The number of hydrogen-bond donors (Lipinski definition) is 0. The van der Waals surface area contributed by atoms with Gasteiger partial charge in [-0.3, -0.25) is 9.59 Å². The maximum Gasteiger partial charge on any atom is 0.226 e. The average molecular weight is 353 g/mol. The first kappa shape index (κ1) is 18.3. The van der Waals surface area contributed by atoms with E-state index in [9.17, 15) is 14.0 Å². The molecule has 0 unspecified atom stereocenters. The molecule has 1 heterocycles. The fourth-order valence-corrected chi connectivity index (χ4v) is 3.63. The number of hydrogen-bond acceptors (Lipinski definition) is 2. The number of ketones is 1. The summed E-state index contributed by atoms with van der Waals surface area (Å²) < 4.78 is 13.3. The van der Waals surface area contributed by atoms with Crippen molar-refractivity contribution < 1.29 is 14.0 Å². The molecule has 1 amide bonds. The molecule has 0 aliphatic carbocycles. The Bertz CT molecular complexity index is 823. The lowest BCUT2D eigenvalue weighted by Gasteiger charge is -2.31. The minimum Gasteiger partial charge on any atom is -0.342 e. The van der Waals surface area contributed by atoms with E-state index >= 15 is 0 Å². The fourth-order valence-electron chi connectivity index (χ4n) is 3.63. The molecule has 4 heteroatoms. The van der Waals surface area contributed by atoms with Crippen molar-refractivity contribution >= 4 is 11.7 Å². The smallest absolute Gasteiger partial charge is 0.226 e. The highest BCUT2D eigenvalue weighted by Gasteiger charge is 2.28. The van der Waals surface area contributed by atoms with Gasteiger partial charge >= 0.3 is 0 Å². The van der Waals surface area contributed by atoms with Crippen molar-refractivity contribution in [3.8, 4) is 0 Å². The van der Waals surface area contributed by atoms with Gasteiger partial charge in [-0.15, -0.1) is 0 Å². The summed E-state index contributed by atoms with van der Waals surface area (Å²) in [5.74, 6) is -0.185. The molecule has 2 aromatic carbocycles. The molecule has 1 aliphatic heterocycles. The molecule has 0 radical (unpaired) electrons. The molecule has 1 saturated heterocycles. The zero-order chi connectivity index (χ0) is 18.7. The van der Waals surface area contributed by atoms with Crippen LogP contribution in [-0.2, 0) is 11.2 Å². The van der Waals surface area contributed by atoms with E-state index in [0.717, 1.165) is 16.7 Å². The van der Waals surface area contributed by atoms with Gasteiger partial charge in [0.05, 0.1) is 6.42 Å². The molecule has 0 bridgehead atoms. The molecule has 1 fully saturated rings. The van der Waals surface area contributed by atoms with Crippen LogP contribution in [0.25, 0.3) is 0 Å². The lowest BCUT2D eigenvalue weighted by atomic mass is 9.87. The molecule has 0 saturated carbocycles. The summed E-state index contributed by atoms with van der Waals surface area (Å²) in [5, 5.41) is 0. The van der Waals surface area contributed by atoms with E-state index in [-0.39, 0.29) is 29.8 Å². The lowest BCUT2D eigenvalue weighted by Crippen LogP contribution is -2.41. The molecule has 0 N–H and O–H groups in total. The zero-order valence-corrected chi connectivity index (χ0v) is 15.3. The molecular weight excluding hydrogens is 329 g/mol. The van der Waals surface area contributed by atoms with Crippen LogP contribution in [-0.4, -0.2) is 29.7 Å². The number of halogens is 1. The number of likely N-dealkylation sites (tertiary alicyclic amines) is 1. The Kier molecular flexibility index (Phi) is 5.50. The van der Waals surface area contributed by atoms with Crippen LogP contribution < -0.4 is 0 Å². The summed E-state index contributed by atoms with van der Waals surface area (Å²) in [6.45, 7) is 5.15. The van der Waals surface area contributed by atoms with Gasteiger partial charge in [-0.1, -0.05) is 35.9 Å². The van der Waals surface area contributed by atoms with Gasteiger partial charge < -0.3 is 4.90 Å². The summed E-state index contributed by atoms with van der Waals surface area (Å²) in [7, 11) is 0. The number of rotatable bonds is 4. The highest BCUT2D eigenvalue weighted by molar-refractivity contribution is 5.99. The first-order valence-corrected chi connectivity index (χ1v) is 9.07. The van der Waals surface area contributed by atoms with Crippen LogP contribution in [0.4, 0.5) is 4.39 Å². The van der Waals surface area contributed by atoms with Crippen molar-refractivity contribution in [3.05, 3.63) is 70.5 Å². The Hall–Kier alpha value is -2.49. The van der Waals surface area contributed by atoms with Crippen LogP contribution in [0.1, 0.15) is 39.9 Å². The van der Waals surface area contributed by atoms with Crippen LogP contribution >= 0.6 is 0 Å². The third-order valence-electron chi connectivity index (χ3n) is 5.11. The molecule has 0 atom stereocenters. The summed E-state index contributed by atoms with van der Waals surface area (Å²) >= 11 is 0. The largest absolute Gasteiger partial charge is 0.342 e. The predicted octanol–water partition coefficient (Wildman–Crippen LogP) is 4.11. The summed E-state index contributed by atoms with van der Waals surface area (Å²) in [6.07, 6.45) is 1.57. The van der Waals surface area contributed by atoms with Crippen molar-refractivity contribution in [2.24, 2.45) is 5.92 Å². The molecule has 3 rings (SSSR count). The number of carbonyl (C=O) groups excluding carboxylic acids is 2. The standard InChI is InChI=1S/C22H24FNO2/c1-15-6-7-20(16(2)12-15)22(26)18-8-10-24(11-9-18)21(25)14-17-4-3-5-19(23)13-17/h3-7,12-13,18H,8-11,14H2,1-2H3. The van der Waals surface area contributed by atoms with E-state index in [1.165, 1.54) is 12.1 Å². The molecule has 1 aliphatic rings. The molecular formula is C22H24FNO2. The van der Waals surface area contributed by atoms with Crippen LogP contribution in [0.5, 0.6) is 0 Å². The molecule has 26 heavy (non-hydrogen) atoms. The maximum absolute atomic E-state index is 13.3. The molecule has 0 aromatic heterocycles. The second-order valence-electron chi connectivity index (χ2n) is 7.14. The van der Waals surface area contributed by atoms with Crippen molar-refractivity contribution in [1.82, 2.24) is 4.90 Å². The average Bonchev–Trinajstić information content (AvgIpc) is 2.61. The van der Waals surface area contributed by atoms with Crippen molar-refractivity contribution in [1.29, 1.82) is 0 Å². The highest BCUT2D eigenvalue weighted by Crippen LogP contribution is 2.24. The number of benzene rings is 2. The first-order valence-electron chi connectivity index (χ1n) is 9.07.